The number of ether oxygens (including phenoxy) is 3. The quantitative estimate of drug-likeness (QED) is 0.724. The van der Waals surface area contributed by atoms with Crippen LogP contribution in [-0.4, -0.2) is 91.3 Å². The maximum Gasteiger partial charge on any atom is 0.412 e. The highest BCUT2D eigenvalue weighted by molar-refractivity contribution is 5.74. The average Bonchev–Trinajstić information content (AvgIpc) is 2.80. The highest BCUT2D eigenvalue weighted by atomic mass is 16.6. The van der Waals surface area contributed by atoms with Crippen molar-refractivity contribution >= 4 is 12.1 Å². The molecule has 2 atom stereocenters. The summed E-state index contributed by atoms with van der Waals surface area (Å²) in [5, 5.41) is 5.72. The largest absolute Gasteiger partial charge is 0.444 e. The summed E-state index contributed by atoms with van der Waals surface area (Å²) < 4.78 is 16.8. The Labute approximate surface area is 168 Å². The van der Waals surface area contributed by atoms with E-state index in [0.29, 0.717) is 6.54 Å². The molecular weight excluding hydrogens is 364 g/mol. The van der Waals surface area contributed by atoms with E-state index in [9.17, 15) is 9.59 Å². The van der Waals surface area contributed by atoms with Crippen LogP contribution in [0, 0.1) is 0 Å². The summed E-state index contributed by atoms with van der Waals surface area (Å²) in [5.41, 5.74) is -1.41. The van der Waals surface area contributed by atoms with Gasteiger partial charge in [0.05, 0.1) is 25.4 Å². The van der Waals surface area contributed by atoms with Gasteiger partial charge in [-0.1, -0.05) is 0 Å². The number of hydrogen-bond donors (Lipinski definition) is 2. The molecule has 28 heavy (non-hydrogen) atoms. The maximum atomic E-state index is 12.7. The fraction of sp³-hybridized carbons (Fsp3) is 0.895. The molecule has 0 aliphatic carbocycles. The van der Waals surface area contributed by atoms with E-state index in [0.717, 1.165) is 32.8 Å². The van der Waals surface area contributed by atoms with E-state index >= 15 is 0 Å². The smallest absolute Gasteiger partial charge is 0.412 e. The van der Waals surface area contributed by atoms with Gasteiger partial charge in [-0.25, -0.2) is 9.59 Å². The molecular formula is C19H36N4O5. The third-order valence-corrected chi connectivity index (χ3v) is 4.81. The standard InChI is InChI=1S/C19H36N4O5/c1-14-15(23(19(5,6)27-14)17(25)28-18(2,3)4)13-21-16(24)20-7-8-22-9-11-26-12-10-22/h14-15H,7-13H2,1-6H3,(H2,20,21,24)/t14-,15-/m1/s1. The van der Waals surface area contributed by atoms with E-state index in [1.54, 1.807) is 4.90 Å². The number of nitrogens with one attached hydrogen (secondary N) is 2. The number of morpholine rings is 1. The van der Waals surface area contributed by atoms with Crippen LogP contribution in [0.1, 0.15) is 41.5 Å². The summed E-state index contributed by atoms with van der Waals surface area (Å²) in [7, 11) is 0. The first kappa shape index (κ1) is 22.7. The van der Waals surface area contributed by atoms with Gasteiger partial charge in [0.1, 0.15) is 11.3 Å². The Morgan fingerprint density at radius 1 is 1.18 bits per heavy atom. The lowest BCUT2D eigenvalue weighted by molar-refractivity contribution is -0.0756. The molecule has 2 saturated heterocycles. The van der Waals surface area contributed by atoms with Crippen LogP contribution in [0.4, 0.5) is 9.59 Å². The van der Waals surface area contributed by atoms with Gasteiger partial charge in [0.25, 0.3) is 0 Å². The molecule has 3 amide bonds. The van der Waals surface area contributed by atoms with Crippen LogP contribution in [0.25, 0.3) is 0 Å². The van der Waals surface area contributed by atoms with Gasteiger partial charge in [0.15, 0.2) is 0 Å². The summed E-state index contributed by atoms with van der Waals surface area (Å²) in [6, 6.07) is -0.566. The van der Waals surface area contributed by atoms with Crippen molar-refractivity contribution in [2.75, 3.05) is 45.9 Å². The molecule has 0 saturated carbocycles. The van der Waals surface area contributed by atoms with Gasteiger partial charge in [0, 0.05) is 32.7 Å². The van der Waals surface area contributed by atoms with Crippen molar-refractivity contribution in [2.24, 2.45) is 0 Å². The molecule has 9 nitrogen and oxygen atoms in total. The van der Waals surface area contributed by atoms with Crippen LogP contribution in [0.2, 0.25) is 0 Å². The molecule has 0 aromatic heterocycles. The van der Waals surface area contributed by atoms with E-state index < -0.39 is 17.4 Å². The number of urea groups is 1. The van der Waals surface area contributed by atoms with Gasteiger partial charge in [-0.15, -0.1) is 0 Å². The van der Waals surface area contributed by atoms with Gasteiger partial charge < -0.3 is 24.8 Å². The Hall–Kier alpha value is -1.58. The zero-order chi connectivity index (χ0) is 20.9. The summed E-state index contributed by atoms with van der Waals surface area (Å²) in [6.45, 7) is 15.9. The second kappa shape index (κ2) is 9.28. The predicted molar refractivity (Wildman–Crippen MR) is 105 cm³/mol. The molecule has 0 spiro atoms. The number of hydrogen-bond acceptors (Lipinski definition) is 6. The fourth-order valence-electron chi connectivity index (χ4n) is 3.54. The lowest BCUT2D eigenvalue weighted by atomic mass is 10.1. The highest BCUT2D eigenvalue weighted by Gasteiger charge is 2.49. The minimum absolute atomic E-state index is 0.226. The van der Waals surface area contributed by atoms with Crippen LogP contribution < -0.4 is 10.6 Å². The minimum Gasteiger partial charge on any atom is -0.444 e. The van der Waals surface area contributed by atoms with E-state index in [1.165, 1.54) is 0 Å². The molecule has 0 aromatic carbocycles. The molecule has 0 unspecified atom stereocenters. The molecule has 2 heterocycles. The van der Waals surface area contributed by atoms with Crippen molar-refractivity contribution in [2.45, 2.75) is 65.0 Å². The van der Waals surface area contributed by atoms with E-state index in [1.807, 2.05) is 41.5 Å². The molecule has 2 fully saturated rings. The normalized spacial score (nSPS) is 25.4. The van der Waals surface area contributed by atoms with Crippen molar-refractivity contribution in [3.05, 3.63) is 0 Å². The van der Waals surface area contributed by atoms with E-state index in [-0.39, 0.29) is 24.7 Å². The molecule has 2 aliphatic rings. The summed E-state index contributed by atoms with van der Waals surface area (Å²) in [5.74, 6) is 0. The summed E-state index contributed by atoms with van der Waals surface area (Å²) in [6.07, 6.45) is -0.669. The Morgan fingerprint density at radius 2 is 1.82 bits per heavy atom. The second-order valence-corrected chi connectivity index (χ2v) is 8.78. The van der Waals surface area contributed by atoms with Crippen LogP contribution in [0.3, 0.4) is 0 Å². The molecule has 2 rings (SSSR count). The first-order valence-electron chi connectivity index (χ1n) is 10.0. The molecule has 162 valence electrons. The summed E-state index contributed by atoms with van der Waals surface area (Å²) >= 11 is 0. The van der Waals surface area contributed by atoms with Gasteiger partial charge in [-0.05, 0) is 41.5 Å². The zero-order valence-electron chi connectivity index (χ0n) is 18.0. The monoisotopic (exact) mass is 400 g/mol. The first-order chi connectivity index (χ1) is 13.0. The van der Waals surface area contributed by atoms with Crippen LogP contribution >= 0.6 is 0 Å². The zero-order valence-corrected chi connectivity index (χ0v) is 18.0. The van der Waals surface area contributed by atoms with Crippen LogP contribution in [0.15, 0.2) is 0 Å². The number of rotatable bonds is 5. The third kappa shape index (κ3) is 6.49. The Balaban J connectivity index is 1.83. The SMILES string of the molecule is C[C@H]1OC(C)(C)N(C(=O)OC(C)(C)C)[C@@H]1CNC(=O)NCCN1CCOCC1. The molecule has 0 radical (unpaired) electrons. The van der Waals surface area contributed by atoms with Gasteiger partial charge in [-0.3, -0.25) is 9.80 Å². The molecule has 0 bridgehead atoms. The van der Waals surface area contributed by atoms with Crippen molar-refractivity contribution in [1.29, 1.82) is 0 Å². The van der Waals surface area contributed by atoms with Crippen LogP contribution in [0.5, 0.6) is 0 Å². The lowest BCUT2D eigenvalue weighted by Crippen LogP contribution is -2.54. The number of carbonyl (C=O) groups excluding carboxylic acids is 2. The first-order valence-corrected chi connectivity index (χ1v) is 10.0. The minimum atomic E-state index is -0.805. The maximum absolute atomic E-state index is 12.7. The van der Waals surface area contributed by atoms with E-state index in [2.05, 4.69) is 15.5 Å². The van der Waals surface area contributed by atoms with Gasteiger partial charge in [-0.2, -0.15) is 0 Å². The van der Waals surface area contributed by atoms with E-state index in [4.69, 9.17) is 14.2 Å². The third-order valence-electron chi connectivity index (χ3n) is 4.81. The van der Waals surface area contributed by atoms with Gasteiger partial charge >= 0.3 is 12.1 Å². The predicted octanol–water partition coefficient (Wildman–Crippen LogP) is 1.38. The lowest BCUT2D eigenvalue weighted by Gasteiger charge is -2.35. The molecule has 2 aliphatic heterocycles. The van der Waals surface area contributed by atoms with Crippen LogP contribution in [-0.2, 0) is 14.2 Å². The average molecular weight is 401 g/mol. The van der Waals surface area contributed by atoms with Crippen molar-refractivity contribution < 1.29 is 23.8 Å². The Kier molecular flexibility index (Phi) is 7.52. The van der Waals surface area contributed by atoms with Crippen molar-refractivity contribution in [3.8, 4) is 0 Å². The number of carbonyl (C=O) groups is 2. The van der Waals surface area contributed by atoms with Gasteiger partial charge in [0.2, 0.25) is 0 Å². The topological polar surface area (TPSA) is 92.4 Å². The highest BCUT2D eigenvalue weighted by Crippen LogP contribution is 2.33. The Morgan fingerprint density at radius 3 is 2.43 bits per heavy atom. The van der Waals surface area contributed by atoms with Crippen molar-refractivity contribution in [1.82, 2.24) is 20.4 Å². The Bertz CT molecular complexity index is 543. The molecule has 9 heteroatoms. The molecule has 2 N–H and O–H groups in total. The fourth-order valence-corrected chi connectivity index (χ4v) is 3.54. The summed E-state index contributed by atoms with van der Waals surface area (Å²) in [4.78, 5) is 28.7. The number of nitrogens with zero attached hydrogens (tertiary/aromatic N) is 2. The number of amides is 3. The second-order valence-electron chi connectivity index (χ2n) is 8.78. The molecule has 0 aromatic rings. The van der Waals surface area contributed by atoms with Crippen molar-refractivity contribution in [3.63, 3.8) is 0 Å².